The van der Waals surface area contributed by atoms with Crippen molar-refractivity contribution in [3.05, 3.63) is 35.9 Å². The van der Waals surface area contributed by atoms with Gasteiger partial charge in [0.2, 0.25) is 5.91 Å². The summed E-state index contributed by atoms with van der Waals surface area (Å²) in [5.74, 6) is -1.76. The Kier molecular flexibility index (Phi) is 4.45. The van der Waals surface area contributed by atoms with Crippen molar-refractivity contribution in [2.24, 2.45) is 5.41 Å². The summed E-state index contributed by atoms with van der Waals surface area (Å²) in [6.07, 6.45) is -0.888. The lowest BCUT2D eigenvalue weighted by molar-refractivity contribution is -0.140. The van der Waals surface area contributed by atoms with Crippen LogP contribution in [0.3, 0.4) is 0 Å². The number of hydrogen-bond donors (Lipinski definition) is 1. The fourth-order valence-electron chi connectivity index (χ4n) is 3.16. The lowest BCUT2D eigenvalue weighted by Gasteiger charge is -2.38. The number of amides is 2. The third-order valence-corrected chi connectivity index (χ3v) is 4.00. The van der Waals surface area contributed by atoms with Crippen LogP contribution in [-0.4, -0.2) is 51.9 Å². The maximum Gasteiger partial charge on any atom is 0.305 e. The Balaban J connectivity index is 2.48. The lowest BCUT2D eigenvalue weighted by Crippen LogP contribution is -2.51. The number of benzene rings is 1. The van der Waals surface area contributed by atoms with E-state index in [2.05, 4.69) is 0 Å². The van der Waals surface area contributed by atoms with Gasteiger partial charge in [-0.25, -0.2) is 0 Å². The Morgan fingerprint density at radius 1 is 1.17 bits per heavy atom. The van der Waals surface area contributed by atoms with Gasteiger partial charge in [0.15, 0.2) is 0 Å². The van der Waals surface area contributed by atoms with E-state index in [9.17, 15) is 14.4 Å². The molecule has 23 heavy (non-hydrogen) atoms. The first kappa shape index (κ1) is 17.0. The van der Waals surface area contributed by atoms with Gasteiger partial charge in [0, 0.05) is 18.0 Å². The second-order valence-electron chi connectivity index (χ2n) is 6.88. The summed E-state index contributed by atoms with van der Waals surface area (Å²) in [6.45, 7) is 5.78. The summed E-state index contributed by atoms with van der Waals surface area (Å²) in [6, 6.07) is 7.65. The van der Waals surface area contributed by atoms with Gasteiger partial charge in [-0.2, -0.15) is 0 Å². The predicted molar refractivity (Wildman–Crippen MR) is 84.7 cm³/mol. The molecule has 1 fully saturated rings. The van der Waals surface area contributed by atoms with Gasteiger partial charge in [-0.3, -0.25) is 14.4 Å². The van der Waals surface area contributed by atoms with Crippen LogP contribution in [-0.2, 0) is 9.59 Å². The molecule has 0 saturated carbocycles. The first-order valence-electron chi connectivity index (χ1n) is 7.50. The minimum Gasteiger partial charge on any atom is -0.481 e. The molecule has 1 aliphatic heterocycles. The summed E-state index contributed by atoms with van der Waals surface area (Å²) in [4.78, 5) is 39.5. The smallest absolute Gasteiger partial charge is 0.305 e. The fourth-order valence-corrected chi connectivity index (χ4v) is 3.16. The van der Waals surface area contributed by atoms with E-state index in [-0.39, 0.29) is 11.8 Å². The second-order valence-corrected chi connectivity index (χ2v) is 6.88. The summed E-state index contributed by atoms with van der Waals surface area (Å²) in [7, 11) is 1.62. The minimum atomic E-state index is -1.10. The normalized spacial score (nSPS) is 21.7. The van der Waals surface area contributed by atoms with E-state index in [4.69, 9.17) is 5.11 Å². The number of rotatable bonds is 3. The van der Waals surface area contributed by atoms with Crippen molar-refractivity contribution >= 4 is 17.8 Å². The third kappa shape index (κ3) is 3.21. The number of aliphatic carboxylic acids is 1. The molecule has 124 valence electrons. The Morgan fingerprint density at radius 3 is 2.22 bits per heavy atom. The van der Waals surface area contributed by atoms with Crippen LogP contribution >= 0.6 is 0 Å². The van der Waals surface area contributed by atoms with Gasteiger partial charge in [0.1, 0.15) is 12.2 Å². The maximum atomic E-state index is 12.9. The molecule has 0 radical (unpaired) electrons. The highest BCUT2D eigenvalue weighted by Gasteiger charge is 2.51. The highest BCUT2D eigenvalue weighted by Crippen LogP contribution is 2.35. The van der Waals surface area contributed by atoms with Crippen LogP contribution < -0.4 is 0 Å². The summed E-state index contributed by atoms with van der Waals surface area (Å²) >= 11 is 0. The molecule has 1 N–H and O–H groups in total. The van der Waals surface area contributed by atoms with E-state index < -0.39 is 30.0 Å². The minimum absolute atomic E-state index is 0.325. The molecule has 6 heteroatoms. The Bertz CT molecular complexity index is 621. The summed E-state index contributed by atoms with van der Waals surface area (Å²) in [5, 5.41) is 9.13. The van der Waals surface area contributed by atoms with Crippen molar-refractivity contribution in [3.63, 3.8) is 0 Å². The van der Waals surface area contributed by atoms with Crippen molar-refractivity contribution in [1.29, 1.82) is 0 Å². The molecular weight excluding hydrogens is 296 g/mol. The molecule has 0 aliphatic carbocycles. The average molecular weight is 318 g/mol. The number of carbonyl (C=O) groups is 3. The van der Waals surface area contributed by atoms with Gasteiger partial charge in [-0.15, -0.1) is 0 Å². The number of likely N-dealkylation sites (N-methyl/N-ethyl adjacent to an activating group) is 1. The summed E-state index contributed by atoms with van der Waals surface area (Å²) in [5.41, 5.74) is 0.0440. The number of carboxylic acid groups (broad SMARTS) is 1. The van der Waals surface area contributed by atoms with E-state index >= 15 is 0 Å². The molecule has 0 spiro atoms. The molecule has 0 bridgehead atoms. The van der Waals surface area contributed by atoms with Gasteiger partial charge < -0.3 is 14.9 Å². The highest BCUT2D eigenvalue weighted by atomic mass is 16.4. The summed E-state index contributed by atoms with van der Waals surface area (Å²) < 4.78 is 0. The topological polar surface area (TPSA) is 77.9 Å². The van der Waals surface area contributed by atoms with Crippen LogP contribution in [0.25, 0.3) is 0 Å². The zero-order chi connectivity index (χ0) is 17.4. The van der Waals surface area contributed by atoms with Gasteiger partial charge in [0.05, 0.1) is 6.42 Å². The van der Waals surface area contributed by atoms with Gasteiger partial charge in [-0.05, 0) is 12.1 Å². The van der Waals surface area contributed by atoms with Gasteiger partial charge >= 0.3 is 5.97 Å². The number of carbonyl (C=O) groups excluding carboxylic acids is 2. The molecule has 6 nitrogen and oxygen atoms in total. The maximum absolute atomic E-state index is 12.9. The van der Waals surface area contributed by atoms with E-state index in [0.717, 1.165) is 0 Å². The van der Waals surface area contributed by atoms with Crippen molar-refractivity contribution in [2.75, 3.05) is 7.05 Å². The molecule has 2 rings (SSSR count). The number of carboxylic acids is 1. The molecule has 2 amide bonds. The molecule has 0 aromatic heterocycles. The molecule has 2 atom stereocenters. The van der Waals surface area contributed by atoms with Crippen LogP contribution in [0.15, 0.2) is 30.3 Å². The molecule has 1 aliphatic rings. The van der Waals surface area contributed by atoms with Gasteiger partial charge in [-0.1, -0.05) is 39.0 Å². The lowest BCUT2D eigenvalue weighted by atomic mass is 9.90. The predicted octanol–water partition coefficient (Wildman–Crippen LogP) is 1.82. The fraction of sp³-hybridized carbons (Fsp3) is 0.471. The molecule has 1 aromatic carbocycles. The zero-order valence-corrected chi connectivity index (χ0v) is 13.8. The van der Waals surface area contributed by atoms with E-state index in [1.165, 1.54) is 9.80 Å². The van der Waals surface area contributed by atoms with Crippen LogP contribution in [0.5, 0.6) is 0 Å². The average Bonchev–Trinajstić information content (AvgIpc) is 2.71. The molecular formula is C17H22N2O4. The monoisotopic (exact) mass is 318 g/mol. The van der Waals surface area contributed by atoms with Crippen LogP contribution in [0.4, 0.5) is 0 Å². The van der Waals surface area contributed by atoms with Crippen molar-refractivity contribution in [3.8, 4) is 0 Å². The molecule has 1 heterocycles. The SMILES string of the molecule is CN1C(=O)[C@H](CC(=O)O)N(C(=O)c2ccccc2)[C@@H]1C(C)(C)C. The van der Waals surface area contributed by atoms with Crippen molar-refractivity contribution in [1.82, 2.24) is 9.80 Å². The van der Waals surface area contributed by atoms with Gasteiger partial charge in [0.25, 0.3) is 5.91 Å². The largest absolute Gasteiger partial charge is 0.481 e. The van der Waals surface area contributed by atoms with E-state index in [0.29, 0.717) is 5.56 Å². The molecule has 1 aromatic rings. The molecule has 0 unspecified atom stereocenters. The molecule has 1 saturated heterocycles. The number of nitrogens with zero attached hydrogens (tertiary/aromatic N) is 2. The second kappa shape index (κ2) is 6.02. The quantitative estimate of drug-likeness (QED) is 0.922. The van der Waals surface area contributed by atoms with E-state index in [1.54, 1.807) is 37.4 Å². The Hall–Kier alpha value is -2.37. The van der Waals surface area contributed by atoms with Crippen molar-refractivity contribution < 1.29 is 19.5 Å². The Morgan fingerprint density at radius 2 is 1.74 bits per heavy atom. The highest BCUT2D eigenvalue weighted by molar-refractivity contribution is 6.00. The zero-order valence-electron chi connectivity index (χ0n) is 13.8. The first-order valence-corrected chi connectivity index (χ1v) is 7.50. The van der Waals surface area contributed by atoms with Crippen LogP contribution in [0.2, 0.25) is 0 Å². The van der Waals surface area contributed by atoms with E-state index in [1.807, 2.05) is 20.8 Å². The number of hydrogen-bond acceptors (Lipinski definition) is 3. The third-order valence-electron chi connectivity index (χ3n) is 4.00. The van der Waals surface area contributed by atoms with Crippen LogP contribution in [0, 0.1) is 5.41 Å². The van der Waals surface area contributed by atoms with Crippen molar-refractivity contribution in [2.45, 2.75) is 39.4 Å². The van der Waals surface area contributed by atoms with Crippen LogP contribution in [0.1, 0.15) is 37.6 Å². The standard InChI is InChI=1S/C17H22N2O4/c1-17(2,3)16-18(4)15(23)12(10-13(20)21)19(16)14(22)11-8-6-5-7-9-11/h5-9,12,16H,10H2,1-4H3,(H,20,21)/t12-,16+/m0/s1. The first-order chi connectivity index (χ1) is 10.6. The Labute approximate surface area is 135 Å².